The summed E-state index contributed by atoms with van der Waals surface area (Å²) in [6.45, 7) is 6.42. The van der Waals surface area contributed by atoms with Crippen LogP contribution in [0.5, 0.6) is 0 Å². The number of diazo groups is 1. The van der Waals surface area contributed by atoms with Crippen LogP contribution in [-0.2, 0) is 19.5 Å². The number of rotatable bonds is 7. The molecule has 1 rings (SSSR count). The normalized spacial score (nSPS) is 7.91. The third-order valence-electron chi connectivity index (χ3n) is 2.95. The molecule has 0 fully saturated rings. The van der Waals surface area contributed by atoms with Crippen LogP contribution < -0.4 is 54.5 Å². The van der Waals surface area contributed by atoms with Crippen LogP contribution >= 0.6 is 11.6 Å². The van der Waals surface area contributed by atoms with E-state index in [0.29, 0.717) is 10.7 Å². The van der Waals surface area contributed by atoms with Crippen LogP contribution in [0.1, 0.15) is 39.5 Å². The summed E-state index contributed by atoms with van der Waals surface area (Å²) in [7, 11) is 0. The van der Waals surface area contributed by atoms with Gasteiger partial charge in [-0.25, -0.2) is 0 Å². The molecule has 0 spiro atoms. The molecule has 0 saturated heterocycles. The average Bonchev–Trinajstić information content (AvgIpc) is 2.39. The van der Waals surface area contributed by atoms with E-state index in [1.54, 1.807) is 12.1 Å². The van der Waals surface area contributed by atoms with Gasteiger partial charge in [-0.2, -0.15) is 0 Å². The number of hydrogen-bond donors (Lipinski definition) is 0. The van der Waals surface area contributed by atoms with Crippen LogP contribution in [0.3, 0.4) is 0 Å². The van der Waals surface area contributed by atoms with Gasteiger partial charge < -0.3 is 54.5 Å². The molecule has 0 aliphatic heterocycles. The Morgan fingerprint density at radius 1 is 1.00 bits per heavy atom. The molecule has 0 aromatic heterocycles. The van der Waals surface area contributed by atoms with Gasteiger partial charge in [0.05, 0.1) is 16.8 Å². The van der Waals surface area contributed by atoms with Crippen molar-refractivity contribution < 1.29 is 69.1 Å². The van der Waals surface area contributed by atoms with Gasteiger partial charge in [0.2, 0.25) is 5.39 Å². The van der Waals surface area contributed by atoms with E-state index in [4.69, 9.17) is 17.0 Å². The Kier molecular flexibility index (Phi) is 31.1. The van der Waals surface area contributed by atoms with Crippen molar-refractivity contribution in [2.75, 3.05) is 18.0 Å². The van der Waals surface area contributed by atoms with Crippen molar-refractivity contribution in [3.63, 3.8) is 0 Å². The van der Waals surface area contributed by atoms with E-state index in [9.17, 15) is 0 Å². The molecule has 0 unspecified atom stereocenters. The van der Waals surface area contributed by atoms with Gasteiger partial charge in [0.1, 0.15) is 0 Å². The Morgan fingerprint density at radius 3 is 1.83 bits per heavy atom. The number of nitrogens with zero attached hydrogens (tertiary/aromatic N) is 3. The molecule has 3 nitrogen and oxygen atoms in total. The molecule has 1 aromatic rings. The van der Waals surface area contributed by atoms with Gasteiger partial charge in [0.25, 0.3) is 0 Å². The molecule has 130 valence electrons. The summed E-state index contributed by atoms with van der Waals surface area (Å²) in [5, 5.41) is 9.38. The molecule has 0 atom stereocenters. The fourth-order valence-electron chi connectivity index (χ4n) is 1.87. The summed E-state index contributed by atoms with van der Waals surface area (Å²) < 4.78 is 0. The molecule has 0 radical (unpaired) electrons. The van der Waals surface area contributed by atoms with Crippen LogP contribution in [0, 0.1) is 5.39 Å². The number of benzene rings is 1. The van der Waals surface area contributed by atoms with Gasteiger partial charge in [-0.1, -0.05) is 38.3 Å². The Morgan fingerprint density at radius 2 is 1.48 bits per heavy atom. The molecular weight excluding hydrogens is 453 g/mol. The van der Waals surface area contributed by atoms with Crippen molar-refractivity contribution in [2.24, 2.45) is 0 Å². The van der Waals surface area contributed by atoms with Crippen LogP contribution in [0.15, 0.2) is 18.2 Å². The Bertz CT molecular complexity index is 421. The molecule has 1 aromatic carbocycles. The van der Waals surface area contributed by atoms with E-state index >= 15 is 0 Å². The molecule has 0 bridgehead atoms. The van der Waals surface area contributed by atoms with E-state index in [2.05, 4.69) is 23.7 Å². The van der Waals surface area contributed by atoms with Crippen LogP contribution in [0.4, 0.5) is 11.4 Å². The summed E-state index contributed by atoms with van der Waals surface area (Å²) >= 11 is 6.25. The first kappa shape index (κ1) is 34.8. The SMILES string of the molecule is CCCCN(CCCC)c1ccc([N+]#N)cc1Cl.[Cl-].[Cl-].[Cl-].[Cl-].[Zn+2]. The average molecular weight is 474 g/mol. The summed E-state index contributed by atoms with van der Waals surface area (Å²) in [5.74, 6) is 0. The Balaban J connectivity index is -0.000000216. The minimum atomic E-state index is 0. The van der Waals surface area contributed by atoms with E-state index in [1.807, 2.05) is 6.07 Å². The predicted molar refractivity (Wildman–Crippen MR) is 78.2 cm³/mol. The number of halogens is 5. The van der Waals surface area contributed by atoms with Crippen LogP contribution in [-0.4, -0.2) is 13.1 Å². The number of hydrogen-bond acceptors (Lipinski definition) is 2. The van der Waals surface area contributed by atoms with E-state index in [1.165, 1.54) is 12.8 Å². The Hall–Kier alpha value is 0.513. The summed E-state index contributed by atoms with van der Waals surface area (Å²) in [6.07, 6.45) is 4.66. The van der Waals surface area contributed by atoms with E-state index in [-0.39, 0.29) is 69.1 Å². The monoisotopic (exact) mass is 470 g/mol. The van der Waals surface area contributed by atoms with Gasteiger partial charge in [-0.15, -0.1) is 0 Å². The zero-order valence-electron chi connectivity index (χ0n) is 13.4. The second-order valence-electron chi connectivity index (χ2n) is 4.43. The van der Waals surface area contributed by atoms with Crippen molar-refractivity contribution in [3.8, 4) is 0 Å². The first-order valence-corrected chi connectivity index (χ1v) is 7.00. The molecule has 0 aliphatic rings. The number of anilines is 1. The summed E-state index contributed by atoms with van der Waals surface area (Å²) in [5.41, 5.74) is 1.53. The molecule has 23 heavy (non-hydrogen) atoms. The quantitative estimate of drug-likeness (QED) is 0.291. The van der Waals surface area contributed by atoms with Crippen molar-refractivity contribution in [1.82, 2.24) is 0 Å². The van der Waals surface area contributed by atoms with E-state index in [0.717, 1.165) is 31.6 Å². The second kappa shape index (κ2) is 20.6. The molecule has 0 saturated carbocycles. The van der Waals surface area contributed by atoms with E-state index < -0.39 is 0 Å². The molecule has 0 aliphatic carbocycles. The maximum absolute atomic E-state index is 8.73. The van der Waals surface area contributed by atoms with Crippen molar-refractivity contribution in [1.29, 1.82) is 5.39 Å². The van der Waals surface area contributed by atoms with Crippen molar-refractivity contribution in [2.45, 2.75) is 39.5 Å². The van der Waals surface area contributed by atoms with Gasteiger partial charge in [-0.3, -0.25) is 0 Å². The Labute approximate surface area is 182 Å². The molecule has 0 heterocycles. The van der Waals surface area contributed by atoms with Gasteiger partial charge in [0.15, 0.2) is 4.98 Å². The first-order valence-electron chi connectivity index (χ1n) is 6.62. The molecule has 0 N–H and O–H groups in total. The van der Waals surface area contributed by atoms with Gasteiger partial charge in [-0.05, 0) is 18.9 Å². The predicted octanol–water partition coefficient (Wildman–Crippen LogP) is -6.76. The number of unbranched alkanes of at least 4 members (excludes halogenated alkanes) is 2. The van der Waals surface area contributed by atoms with Crippen molar-refractivity contribution in [3.05, 3.63) is 28.2 Å². The zero-order valence-corrected chi connectivity index (χ0v) is 20.2. The minimum Gasteiger partial charge on any atom is -1.00 e. The molecule has 0 amide bonds. The fourth-order valence-corrected chi connectivity index (χ4v) is 2.16. The topological polar surface area (TPSA) is 31.4 Å². The molecule has 9 heteroatoms. The fraction of sp³-hybridized carbons (Fsp3) is 0.571. The first-order chi connectivity index (χ1) is 8.72. The third kappa shape index (κ3) is 12.5. The minimum absolute atomic E-state index is 0. The van der Waals surface area contributed by atoms with Crippen LogP contribution in [0.25, 0.3) is 4.98 Å². The second-order valence-corrected chi connectivity index (χ2v) is 4.84. The largest absolute Gasteiger partial charge is 2.00 e. The smallest absolute Gasteiger partial charge is 1.00 e. The van der Waals surface area contributed by atoms with Crippen LogP contribution in [0.2, 0.25) is 5.02 Å². The summed E-state index contributed by atoms with van der Waals surface area (Å²) in [6, 6.07) is 5.41. The van der Waals surface area contributed by atoms with Gasteiger partial charge >= 0.3 is 25.2 Å². The summed E-state index contributed by atoms with van der Waals surface area (Å²) in [4.78, 5) is 5.47. The van der Waals surface area contributed by atoms with Crippen molar-refractivity contribution >= 4 is 23.0 Å². The van der Waals surface area contributed by atoms with Gasteiger partial charge in [0, 0.05) is 19.2 Å². The zero-order chi connectivity index (χ0) is 13.4. The third-order valence-corrected chi connectivity index (χ3v) is 3.25. The standard InChI is InChI=1S/C14H21ClN3.4ClH.Zn/c1-3-5-9-18(10-6-4-2)14-8-7-12(17-16)11-13(14)15;;;;;/h7-8,11H,3-6,9-10H2,1-2H3;4*1H;/q+1;;;;;+2/p-4. The molecular formula is C14H21Cl5N3Zn-. The maximum atomic E-state index is 8.73. The maximum Gasteiger partial charge on any atom is 2.00 e.